The Kier molecular flexibility index (Phi) is 2.99. The van der Waals surface area contributed by atoms with Crippen LogP contribution in [0.15, 0.2) is 16.6 Å². The lowest BCUT2D eigenvalue weighted by Crippen LogP contribution is -1.99. The highest BCUT2D eigenvalue weighted by Crippen LogP contribution is 2.37. The number of ether oxygens (including phenoxy) is 1. The smallest absolute Gasteiger partial charge is 0.198 e. The molecule has 0 saturated carbocycles. The van der Waals surface area contributed by atoms with Crippen molar-refractivity contribution in [3.8, 4) is 5.75 Å². The van der Waals surface area contributed by atoms with Crippen LogP contribution in [0.1, 0.15) is 0 Å². The first-order valence-electron chi connectivity index (χ1n) is 4.47. The van der Waals surface area contributed by atoms with Crippen molar-refractivity contribution in [2.75, 3.05) is 7.11 Å². The second-order valence-electron chi connectivity index (χ2n) is 3.26. The molecule has 0 amide bonds. The topological polar surface area (TPSA) is 9.23 Å². The Bertz CT molecular complexity index is 612. The third-order valence-corrected chi connectivity index (χ3v) is 3.15. The Balaban J connectivity index is 3.01. The summed E-state index contributed by atoms with van der Waals surface area (Å²) in [6.07, 6.45) is 0. The van der Waals surface area contributed by atoms with Gasteiger partial charge in [0.05, 0.1) is 11.6 Å². The molecule has 0 unspecified atom stereocenters. The van der Waals surface area contributed by atoms with Crippen LogP contribution in [-0.2, 0) is 0 Å². The SMILES string of the molecule is COc1ccc2c(F)c(F)c(F)c(F)c2c1Br. The summed E-state index contributed by atoms with van der Waals surface area (Å²) < 4.78 is 57.9. The Morgan fingerprint density at radius 1 is 0.941 bits per heavy atom. The summed E-state index contributed by atoms with van der Waals surface area (Å²) in [5.74, 6) is -6.36. The van der Waals surface area contributed by atoms with Crippen LogP contribution in [0.5, 0.6) is 5.75 Å². The first-order valence-corrected chi connectivity index (χ1v) is 5.26. The number of hydrogen-bond acceptors (Lipinski definition) is 1. The zero-order valence-electron chi connectivity index (χ0n) is 8.45. The maximum absolute atomic E-state index is 13.5. The molecule has 0 bridgehead atoms. The minimum Gasteiger partial charge on any atom is -0.496 e. The first kappa shape index (κ1) is 12.2. The lowest BCUT2D eigenvalue weighted by atomic mass is 10.1. The third-order valence-electron chi connectivity index (χ3n) is 2.36. The van der Waals surface area contributed by atoms with Gasteiger partial charge in [-0.05, 0) is 28.1 Å². The minimum atomic E-state index is -1.84. The van der Waals surface area contributed by atoms with Crippen molar-refractivity contribution in [1.82, 2.24) is 0 Å². The van der Waals surface area contributed by atoms with Crippen LogP contribution < -0.4 is 4.74 Å². The molecule has 2 aromatic carbocycles. The van der Waals surface area contributed by atoms with Crippen LogP contribution in [0.3, 0.4) is 0 Å². The van der Waals surface area contributed by atoms with E-state index in [9.17, 15) is 17.6 Å². The van der Waals surface area contributed by atoms with Gasteiger partial charge >= 0.3 is 0 Å². The number of halogens is 5. The van der Waals surface area contributed by atoms with Crippen LogP contribution in [0.25, 0.3) is 10.8 Å². The Morgan fingerprint density at radius 2 is 1.53 bits per heavy atom. The molecule has 90 valence electrons. The molecule has 0 aliphatic rings. The van der Waals surface area contributed by atoms with Gasteiger partial charge in [-0.2, -0.15) is 0 Å². The first-order chi connectivity index (χ1) is 7.99. The van der Waals surface area contributed by atoms with Gasteiger partial charge in [0.25, 0.3) is 0 Å². The van der Waals surface area contributed by atoms with Gasteiger partial charge in [0, 0.05) is 10.8 Å². The number of methoxy groups -OCH3 is 1. The highest BCUT2D eigenvalue weighted by Gasteiger charge is 2.23. The molecule has 0 aromatic heterocycles. The zero-order valence-corrected chi connectivity index (χ0v) is 10.0. The van der Waals surface area contributed by atoms with Crippen molar-refractivity contribution >= 4 is 26.7 Å². The fourth-order valence-electron chi connectivity index (χ4n) is 1.53. The average Bonchev–Trinajstić information content (AvgIpc) is 2.33. The summed E-state index contributed by atoms with van der Waals surface area (Å²) in [7, 11) is 1.32. The highest BCUT2D eigenvalue weighted by molar-refractivity contribution is 9.10. The monoisotopic (exact) mass is 308 g/mol. The van der Waals surface area contributed by atoms with Crippen LogP contribution >= 0.6 is 15.9 Å². The fraction of sp³-hybridized carbons (Fsp3) is 0.0909. The quantitative estimate of drug-likeness (QED) is 0.436. The highest BCUT2D eigenvalue weighted by atomic mass is 79.9. The summed E-state index contributed by atoms with van der Waals surface area (Å²) in [6, 6.07) is 2.45. The van der Waals surface area contributed by atoms with Crippen LogP contribution in [0.4, 0.5) is 17.6 Å². The van der Waals surface area contributed by atoms with Gasteiger partial charge in [-0.1, -0.05) is 0 Å². The summed E-state index contributed by atoms with van der Waals surface area (Å²) in [5.41, 5.74) is 0. The number of rotatable bonds is 1. The van der Waals surface area contributed by atoms with E-state index >= 15 is 0 Å². The largest absolute Gasteiger partial charge is 0.496 e. The van der Waals surface area contributed by atoms with Crippen molar-refractivity contribution in [2.24, 2.45) is 0 Å². The number of benzene rings is 2. The van der Waals surface area contributed by atoms with Crippen LogP contribution in [-0.4, -0.2) is 7.11 Å². The Morgan fingerprint density at radius 3 is 2.12 bits per heavy atom. The summed E-state index contributed by atoms with van der Waals surface area (Å²) in [4.78, 5) is 0. The normalized spacial score (nSPS) is 10.9. The lowest BCUT2D eigenvalue weighted by Gasteiger charge is -2.09. The van der Waals surface area contributed by atoms with Gasteiger partial charge < -0.3 is 4.74 Å². The van der Waals surface area contributed by atoms with E-state index in [1.807, 2.05) is 0 Å². The minimum absolute atomic E-state index is 0.0350. The molecule has 0 heterocycles. The van der Waals surface area contributed by atoms with E-state index in [1.165, 1.54) is 13.2 Å². The Hall–Kier alpha value is -1.30. The van der Waals surface area contributed by atoms with Crippen molar-refractivity contribution in [2.45, 2.75) is 0 Å². The molecule has 2 rings (SSSR count). The van der Waals surface area contributed by atoms with E-state index in [2.05, 4.69) is 15.9 Å². The van der Waals surface area contributed by atoms with Gasteiger partial charge in [0.2, 0.25) is 0 Å². The van der Waals surface area contributed by atoms with Crippen LogP contribution in [0, 0.1) is 23.3 Å². The van der Waals surface area contributed by atoms with Gasteiger partial charge in [0.15, 0.2) is 23.3 Å². The molecule has 0 N–H and O–H groups in total. The van der Waals surface area contributed by atoms with E-state index in [1.54, 1.807) is 0 Å². The summed E-state index contributed by atoms with van der Waals surface area (Å²) in [5, 5.41) is -0.741. The molecule has 0 radical (unpaired) electrons. The number of hydrogen-bond donors (Lipinski definition) is 0. The molecule has 0 saturated heterocycles. The van der Waals surface area contributed by atoms with Crippen molar-refractivity contribution in [3.05, 3.63) is 39.9 Å². The zero-order chi connectivity index (χ0) is 12.7. The van der Waals surface area contributed by atoms with E-state index in [0.717, 1.165) is 6.07 Å². The standard InChI is InChI=1S/C11H5BrF4O/c1-17-5-3-2-4-6(7(5)12)9(14)11(16)10(15)8(4)13/h2-3H,1H3. The molecule has 0 atom stereocenters. The van der Waals surface area contributed by atoms with Crippen molar-refractivity contribution in [1.29, 1.82) is 0 Å². The molecule has 6 heteroatoms. The molecule has 0 spiro atoms. The van der Waals surface area contributed by atoms with E-state index < -0.39 is 23.3 Å². The van der Waals surface area contributed by atoms with Crippen molar-refractivity contribution < 1.29 is 22.3 Å². The third kappa shape index (κ3) is 1.67. The van der Waals surface area contributed by atoms with Crippen LogP contribution in [0.2, 0.25) is 0 Å². The fourth-order valence-corrected chi connectivity index (χ4v) is 2.21. The van der Waals surface area contributed by atoms with E-state index in [4.69, 9.17) is 4.74 Å². The predicted molar refractivity (Wildman–Crippen MR) is 58.0 cm³/mol. The predicted octanol–water partition coefficient (Wildman–Crippen LogP) is 4.17. The lowest BCUT2D eigenvalue weighted by molar-refractivity contribution is 0.408. The molecular formula is C11H5BrF4O. The average molecular weight is 309 g/mol. The molecule has 0 aliphatic heterocycles. The van der Waals surface area contributed by atoms with E-state index in [0.29, 0.717) is 0 Å². The Labute approximate surface area is 102 Å². The van der Waals surface area contributed by atoms with Crippen molar-refractivity contribution in [3.63, 3.8) is 0 Å². The number of fused-ring (bicyclic) bond motifs is 1. The molecule has 2 aromatic rings. The molecule has 0 fully saturated rings. The molecule has 17 heavy (non-hydrogen) atoms. The van der Waals surface area contributed by atoms with Gasteiger partial charge in [0.1, 0.15) is 5.75 Å². The second kappa shape index (κ2) is 4.18. The van der Waals surface area contributed by atoms with E-state index in [-0.39, 0.29) is 21.0 Å². The maximum Gasteiger partial charge on any atom is 0.198 e. The molecule has 0 aliphatic carbocycles. The summed E-state index contributed by atoms with van der Waals surface area (Å²) >= 11 is 2.96. The van der Waals surface area contributed by atoms with Gasteiger partial charge in [-0.25, -0.2) is 17.6 Å². The second-order valence-corrected chi connectivity index (χ2v) is 4.05. The van der Waals surface area contributed by atoms with Gasteiger partial charge in [-0.15, -0.1) is 0 Å². The summed E-state index contributed by atoms with van der Waals surface area (Å²) in [6.45, 7) is 0. The molecule has 1 nitrogen and oxygen atoms in total. The molecular weight excluding hydrogens is 304 g/mol. The maximum atomic E-state index is 13.5. The van der Waals surface area contributed by atoms with Gasteiger partial charge in [-0.3, -0.25) is 0 Å².